The smallest absolute Gasteiger partial charge is 0.231 e. The second kappa shape index (κ2) is 7.44. The van der Waals surface area contributed by atoms with Gasteiger partial charge in [0.25, 0.3) is 0 Å². The van der Waals surface area contributed by atoms with E-state index in [1.807, 2.05) is 21.7 Å². The zero-order chi connectivity index (χ0) is 18.1. The fourth-order valence-corrected chi connectivity index (χ4v) is 4.75. The standard InChI is InChI=1S/C19H26N6O2/c1-2-4-16(3-1)24-9-7-23(8-10-24)13-19-20-21-22-25(19)12-15-5-6-17-18(11-15)27-14-26-17/h5-6,11,16H,1-4,7-10,12-14H2/p+2. The van der Waals surface area contributed by atoms with E-state index < -0.39 is 0 Å². The van der Waals surface area contributed by atoms with Crippen LogP contribution in [0.2, 0.25) is 0 Å². The molecule has 0 spiro atoms. The van der Waals surface area contributed by atoms with Crippen molar-refractivity contribution >= 4 is 0 Å². The lowest BCUT2D eigenvalue weighted by Crippen LogP contribution is -3.29. The van der Waals surface area contributed by atoms with Gasteiger partial charge in [-0.05, 0) is 53.8 Å². The molecule has 2 aliphatic heterocycles. The number of quaternary nitrogens is 2. The van der Waals surface area contributed by atoms with Crippen LogP contribution < -0.4 is 19.3 Å². The van der Waals surface area contributed by atoms with Crippen LogP contribution in [0.3, 0.4) is 0 Å². The van der Waals surface area contributed by atoms with Crippen molar-refractivity contribution in [2.24, 2.45) is 0 Å². The molecular weight excluding hydrogens is 344 g/mol. The Balaban J connectivity index is 1.19. The first-order valence-electron chi connectivity index (χ1n) is 10.2. The van der Waals surface area contributed by atoms with Crippen molar-refractivity contribution in [3.63, 3.8) is 0 Å². The first-order valence-corrected chi connectivity index (χ1v) is 10.2. The Morgan fingerprint density at radius 1 is 1.04 bits per heavy atom. The lowest BCUT2D eigenvalue weighted by Gasteiger charge is -2.32. The average Bonchev–Trinajstić information content (AvgIpc) is 3.44. The van der Waals surface area contributed by atoms with Crippen molar-refractivity contribution < 1.29 is 19.3 Å². The van der Waals surface area contributed by atoms with Crippen molar-refractivity contribution in [1.82, 2.24) is 20.2 Å². The molecule has 27 heavy (non-hydrogen) atoms. The molecule has 2 N–H and O–H groups in total. The highest BCUT2D eigenvalue weighted by atomic mass is 16.7. The summed E-state index contributed by atoms with van der Waals surface area (Å²) in [6.45, 7) is 6.84. The molecule has 1 aliphatic carbocycles. The van der Waals surface area contributed by atoms with Crippen molar-refractivity contribution in [3.05, 3.63) is 29.6 Å². The fraction of sp³-hybridized carbons (Fsp3) is 0.632. The van der Waals surface area contributed by atoms with E-state index in [-0.39, 0.29) is 0 Å². The van der Waals surface area contributed by atoms with E-state index >= 15 is 0 Å². The zero-order valence-corrected chi connectivity index (χ0v) is 15.7. The number of rotatable bonds is 5. The van der Waals surface area contributed by atoms with Crippen LogP contribution in [0.4, 0.5) is 0 Å². The van der Waals surface area contributed by atoms with Crippen LogP contribution in [0.5, 0.6) is 11.5 Å². The number of nitrogens with one attached hydrogen (secondary N) is 2. The van der Waals surface area contributed by atoms with Gasteiger partial charge in [0.1, 0.15) is 32.7 Å². The minimum Gasteiger partial charge on any atom is -0.454 e. The second-order valence-electron chi connectivity index (χ2n) is 8.01. The predicted octanol–water partition coefficient (Wildman–Crippen LogP) is -1.32. The van der Waals surface area contributed by atoms with Gasteiger partial charge in [-0.3, -0.25) is 0 Å². The number of benzene rings is 1. The van der Waals surface area contributed by atoms with E-state index in [4.69, 9.17) is 9.47 Å². The van der Waals surface area contributed by atoms with E-state index in [9.17, 15) is 0 Å². The maximum Gasteiger partial charge on any atom is 0.231 e. The summed E-state index contributed by atoms with van der Waals surface area (Å²) in [5, 5.41) is 12.4. The third-order valence-corrected chi connectivity index (χ3v) is 6.32. The lowest BCUT2D eigenvalue weighted by atomic mass is 10.2. The highest BCUT2D eigenvalue weighted by molar-refractivity contribution is 5.44. The van der Waals surface area contributed by atoms with Gasteiger partial charge in [0.05, 0.1) is 12.6 Å². The SMILES string of the molecule is c1cc2c(cc1Cn1nnnc1C[NH+]1CC[NH+](C3CCCC3)CC1)OCO2. The molecule has 3 aliphatic rings. The van der Waals surface area contributed by atoms with Gasteiger partial charge in [0.15, 0.2) is 11.5 Å². The minimum atomic E-state index is 0.299. The van der Waals surface area contributed by atoms with E-state index in [2.05, 4.69) is 21.6 Å². The fourth-order valence-electron chi connectivity index (χ4n) is 4.75. The summed E-state index contributed by atoms with van der Waals surface area (Å²) < 4.78 is 12.8. The van der Waals surface area contributed by atoms with Gasteiger partial charge in [0, 0.05) is 0 Å². The molecule has 0 atom stereocenters. The number of piperazine rings is 1. The Labute approximate surface area is 159 Å². The summed E-state index contributed by atoms with van der Waals surface area (Å²) in [6.07, 6.45) is 5.72. The molecule has 144 valence electrons. The quantitative estimate of drug-likeness (QED) is 0.681. The summed E-state index contributed by atoms with van der Waals surface area (Å²) in [7, 11) is 0. The zero-order valence-electron chi connectivity index (χ0n) is 15.7. The average molecular weight is 372 g/mol. The Morgan fingerprint density at radius 3 is 2.70 bits per heavy atom. The topological polar surface area (TPSA) is 70.9 Å². The van der Waals surface area contributed by atoms with Crippen LogP contribution in [0.1, 0.15) is 37.1 Å². The number of tetrazole rings is 1. The molecule has 1 aromatic carbocycles. The molecule has 3 heterocycles. The summed E-state index contributed by atoms with van der Waals surface area (Å²) in [5.74, 6) is 2.58. The van der Waals surface area contributed by atoms with Crippen molar-refractivity contribution in [2.75, 3.05) is 33.0 Å². The largest absolute Gasteiger partial charge is 0.454 e. The predicted molar refractivity (Wildman–Crippen MR) is 96.8 cm³/mol. The molecule has 2 aromatic rings. The van der Waals surface area contributed by atoms with Crippen LogP contribution in [0, 0.1) is 0 Å². The number of aromatic nitrogens is 4. The van der Waals surface area contributed by atoms with Gasteiger partial charge in [-0.1, -0.05) is 6.07 Å². The van der Waals surface area contributed by atoms with E-state index in [0.29, 0.717) is 13.3 Å². The maximum absolute atomic E-state index is 5.47. The third-order valence-electron chi connectivity index (χ3n) is 6.32. The molecule has 0 bridgehead atoms. The molecule has 5 rings (SSSR count). The summed E-state index contributed by atoms with van der Waals surface area (Å²) >= 11 is 0. The molecule has 1 saturated carbocycles. The van der Waals surface area contributed by atoms with Gasteiger partial charge in [0.2, 0.25) is 12.6 Å². The summed E-state index contributed by atoms with van der Waals surface area (Å²) in [4.78, 5) is 3.43. The number of hydrogen-bond donors (Lipinski definition) is 2. The van der Waals surface area contributed by atoms with Crippen molar-refractivity contribution in [1.29, 1.82) is 0 Å². The van der Waals surface area contributed by atoms with Crippen LogP contribution >= 0.6 is 0 Å². The normalized spacial score (nSPS) is 25.2. The number of fused-ring (bicyclic) bond motifs is 1. The molecule has 8 nitrogen and oxygen atoms in total. The first kappa shape index (κ1) is 16.9. The second-order valence-corrected chi connectivity index (χ2v) is 8.01. The van der Waals surface area contributed by atoms with Gasteiger partial charge in [-0.2, -0.15) is 0 Å². The number of ether oxygens (including phenoxy) is 2. The molecule has 2 fully saturated rings. The number of nitrogens with zero attached hydrogens (tertiary/aromatic N) is 4. The van der Waals surface area contributed by atoms with Crippen LogP contribution in [-0.4, -0.2) is 59.2 Å². The van der Waals surface area contributed by atoms with Gasteiger partial charge >= 0.3 is 0 Å². The number of hydrogen-bond acceptors (Lipinski definition) is 5. The Kier molecular flexibility index (Phi) is 4.67. The van der Waals surface area contributed by atoms with Gasteiger partial charge < -0.3 is 19.3 Å². The molecule has 1 saturated heterocycles. The Morgan fingerprint density at radius 2 is 1.85 bits per heavy atom. The van der Waals surface area contributed by atoms with Crippen LogP contribution in [-0.2, 0) is 13.1 Å². The Bertz CT molecular complexity index is 780. The lowest BCUT2D eigenvalue weighted by molar-refractivity contribution is -1.03. The van der Waals surface area contributed by atoms with Gasteiger partial charge in [-0.15, -0.1) is 5.10 Å². The van der Waals surface area contributed by atoms with E-state index in [1.165, 1.54) is 51.9 Å². The highest BCUT2D eigenvalue weighted by Gasteiger charge is 2.31. The first-order chi connectivity index (χ1) is 13.3. The van der Waals surface area contributed by atoms with Gasteiger partial charge in [-0.25, -0.2) is 4.68 Å². The maximum atomic E-state index is 5.47. The van der Waals surface area contributed by atoms with Crippen LogP contribution in [0.15, 0.2) is 18.2 Å². The van der Waals surface area contributed by atoms with E-state index in [0.717, 1.165) is 35.5 Å². The minimum absolute atomic E-state index is 0.299. The van der Waals surface area contributed by atoms with Crippen LogP contribution in [0.25, 0.3) is 0 Å². The molecular formula is C19H28N6O2+2. The molecule has 0 unspecified atom stereocenters. The molecule has 0 amide bonds. The third kappa shape index (κ3) is 3.64. The van der Waals surface area contributed by atoms with Crippen molar-refractivity contribution in [3.8, 4) is 11.5 Å². The van der Waals surface area contributed by atoms with E-state index in [1.54, 1.807) is 4.90 Å². The highest BCUT2D eigenvalue weighted by Crippen LogP contribution is 2.32. The molecule has 1 aromatic heterocycles. The summed E-state index contributed by atoms with van der Waals surface area (Å²) in [5.41, 5.74) is 1.12. The van der Waals surface area contributed by atoms with Crippen molar-refractivity contribution in [2.45, 2.75) is 44.8 Å². The Hall–Kier alpha value is -2.19. The monoisotopic (exact) mass is 372 g/mol. The molecule has 0 radical (unpaired) electrons. The summed E-state index contributed by atoms with van der Waals surface area (Å²) in [6, 6.07) is 6.95. The molecule has 8 heteroatoms.